The number of ether oxygens (including phenoxy) is 2. The predicted molar refractivity (Wildman–Crippen MR) is 72.9 cm³/mol. The van der Waals surface area contributed by atoms with Crippen molar-refractivity contribution in [2.75, 3.05) is 13.7 Å². The number of benzene rings is 1. The highest BCUT2D eigenvalue weighted by Gasteiger charge is 2.37. The van der Waals surface area contributed by atoms with Gasteiger partial charge in [0.05, 0.1) is 7.11 Å². The van der Waals surface area contributed by atoms with Gasteiger partial charge in [-0.25, -0.2) is 9.59 Å². The Balaban J connectivity index is 1.97. The van der Waals surface area contributed by atoms with Gasteiger partial charge in [-0.05, 0) is 5.56 Å². The van der Waals surface area contributed by atoms with Gasteiger partial charge in [0.25, 0.3) is 0 Å². The van der Waals surface area contributed by atoms with Crippen LogP contribution < -0.4 is 0 Å². The zero-order valence-electron chi connectivity index (χ0n) is 11.4. The van der Waals surface area contributed by atoms with E-state index in [0.29, 0.717) is 13.0 Å². The van der Waals surface area contributed by atoms with Gasteiger partial charge in [-0.3, -0.25) is 4.90 Å². The van der Waals surface area contributed by atoms with E-state index >= 15 is 0 Å². The van der Waals surface area contributed by atoms with Gasteiger partial charge >= 0.3 is 12.1 Å². The summed E-state index contributed by atoms with van der Waals surface area (Å²) >= 11 is 0. The van der Waals surface area contributed by atoms with Crippen LogP contribution in [0, 0.1) is 0 Å². The van der Waals surface area contributed by atoms with Crippen LogP contribution in [-0.4, -0.2) is 36.7 Å². The van der Waals surface area contributed by atoms with Crippen LogP contribution in [0.15, 0.2) is 42.5 Å². The number of methoxy groups -OCH3 is 1. The standard InChI is InChI=1S/C15H17NO4/c1-11-8-13(14(17)19-2)16(9-11)15(18)20-10-12-6-4-3-5-7-12/h3-7,13H,1,8-10H2,2H3. The molecule has 0 saturated carbocycles. The van der Waals surface area contributed by atoms with Crippen molar-refractivity contribution in [1.82, 2.24) is 4.90 Å². The summed E-state index contributed by atoms with van der Waals surface area (Å²) in [6.45, 7) is 4.32. The molecule has 1 unspecified atom stereocenters. The molecule has 0 aromatic heterocycles. The number of likely N-dealkylation sites (tertiary alicyclic amines) is 1. The quantitative estimate of drug-likeness (QED) is 0.626. The van der Waals surface area contributed by atoms with Crippen molar-refractivity contribution in [1.29, 1.82) is 0 Å². The molecule has 5 heteroatoms. The van der Waals surface area contributed by atoms with E-state index in [1.165, 1.54) is 12.0 Å². The van der Waals surface area contributed by atoms with Crippen LogP contribution in [0.1, 0.15) is 12.0 Å². The highest BCUT2D eigenvalue weighted by molar-refractivity contribution is 5.83. The fourth-order valence-corrected chi connectivity index (χ4v) is 2.14. The van der Waals surface area contributed by atoms with E-state index in [2.05, 4.69) is 6.58 Å². The highest BCUT2D eigenvalue weighted by atomic mass is 16.6. The van der Waals surface area contributed by atoms with E-state index in [1.807, 2.05) is 30.3 Å². The molecule has 1 amide bonds. The summed E-state index contributed by atoms with van der Waals surface area (Å²) in [7, 11) is 1.30. The molecule has 0 radical (unpaired) electrons. The topological polar surface area (TPSA) is 55.8 Å². The molecule has 0 spiro atoms. The van der Waals surface area contributed by atoms with Gasteiger partial charge < -0.3 is 9.47 Å². The Morgan fingerprint density at radius 1 is 1.35 bits per heavy atom. The van der Waals surface area contributed by atoms with Crippen LogP contribution in [0.4, 0.5) is 4.79 Å². The average Bonchev–Trinajstić information content (AvgIpc) is 2.87. The summed E-state index contributed by atoms with van der Waals surface area (Å²) in [4.78, 5) is 25.0. The summed E-state index contributed by atoms with van der Waals surface area (Å²) < 4.78 is 9.92. The molecule has 20 heavy (non-hydrogen) atoms. The van der Waals surface area contributed by atoms with Crippen molar-refractivity contribution in [3.05, 3.63) is 48.0 Å². The minimum atomic E-state index is -0.629. The van der Waals surface area contributed by atoms with Gasteiger partial charge in [-0.2, -0.15) is 0 Å². The molecule has 1 atom stereocenters. The van der Waals surface area contributed by atoms with Crippen molar-refractivity contribution in [3.8, 4) is 0 Å². The number of esters is 1. The summed E-state index contributed by atoms with van der Waals surface area (Å²) in [5.74, 6) is -0.444. The Bertz CT molecular complexity index is 512. The molecule has 0 aliphatic carbocycles. The number of amides is 1. The molecular weight excluding hydrogens is 258 g/mol. The molecule has 106 valence electrons. The van der Waals surface area contributed by atoms with Crippen molar-refractivity contribution in [2.45, 2.75) is 19.1 Å². The van der Waals surface area contributed by atoms with Gasteiger partial charge in [-0.1, -0.05) is 42.5 Å². The lowest BCUT2D eigenvalue weighted by Gasteiger charge is -2.21. The fourth-order valence-electron chi connectivity index (χ4n) is 2.14. The highest BCUT2D eigenvalue weighted by Crippen LogP contribution is 2.23. The molecule has 1 saturated heterocycles. The van der Waals surface area contributed by atoms with E-state index in [9.17, 15) is 9.59 Å². The van der Waals surface area contributed by atoms with E-state index in [4.69, 9.17) is 9.47 Å². The van der Waals surface area contributed by atoms with Crippen molar-refractivity contribution in [3.63, 3.8) is 0 Å². The first-order chi connectivity index (χ1) is 9.61. The Hall–Kier alpha value is -2.30. The third-order valence-electron chi connectivity index (χ3n) is 3.17. The van der Waals surface area contributed by atoms with Gasteiger partial charge in [-0.15, -0.1) is 0 Å². The number of nitrogens with zero attached hydrogens (tertiary/aromatic N) is 1. The second-order valence-corrected chi connectivity index (χ2v) is 4.66. The smallest absolute Gasteiger partial charge is 0.411 e. The predicted octanol–water partition coefficient (Wildman–Crippen LogP) is 2.13. The molecule has 1 fully saturated rings. The number of hydrogen-bond donors (Lipinski definition) is 0. The lowest BCUT2D eigenvalue weighted by Crippen LogP contribution is -2.41. The number of rotatable bonds is 3. The number of hydrogen-bond acceptors (Lipinski definition) is 4. The summed E-state index contributed by atoms with van der Waals surface area (Å²) in [6.07, 6.45) is -0.101. The first-order valence-electron chi connectivity index (χ1n) is 6.33. The molecule has 0 N–H and O–H groups in total. The maximum absolute atomic E-state index is 12.0. The summed E-state index contributed by atoms with van der Waals surface area (Å²) in [5.41, 5.74) is 1.71. The summed E-state index contributed by atoms with van der Waals surface area (Å²) in [6, 6.07) is 8.75. The van der Waals surface area contributed by atoms with Crippen molar-refractivity contribution in [2.24, 2.45) is 0 Å². The molecule has 2 rings (SSSR count). The van der Waals surface area contributed by atoms with Gasteiger partial charge in [0.15, 0.2) is 0 Å². The zero-order chi connectivity index (χ0) is 14.5. The minimum Gasteiger partial charge on any atom is -0.467 e. The third kappa shape index (κ3) is 3.17. The Morgan fingerprint density at radius 2 is 2.05 bits per heavy atom. The zero-order valence-corrected chi connectivity index (χ0v) is 11.4. The van der Waals surface area contributed by atoms with Crippen LogP contribution >= 0.6 is 0 Å². The van der Waals surface area contributed by atoms with Crippen molar-refractivity contribution < 1.29 is 19.1 Å². The molecule has 1 aromatic rings. The van der Waals surface area contributed by atoms with Crippen LogP contribution in [0.2, 0.25) is 0 Å². The second-order valence-electron chi connectivity index (χ2n) is 4.66. The molecule has 1 aliphatic heterocycles. The van der Waals surface area contributed by atoms with Gasteiger partial charge in [0, 0.05) is 13.0 Å². The summed E-state index contributed by atoms with van der Waals surface area (Å²) in [5, 5.41) is 0. The van der Waals surface area contributed by atoms with E-state index in [-0.39, 0.29) is 6.61 Å². The fraction of sp³-hybridized carbons (Fsp3) is 0.333. The Labute approximate surface area is 117 Å². The minimum absolute atomic E-state index is 0.177. The van der Waals surface area contributed by atoms with Gasteiger partial charge in [0.1, 0.15) is 12.6 Å². The maximum Gasteiger partial charge on any atom is 0.411 e. The first kappa shape index (κ1) is 14.1. The van der Waals surface area contributed by atoms with E-state index in [1.54, 1.807) is 0 Å². The van der Waals surface area contributed by atoms with Crippen LogP contribution in [0.3, 0.4) is 0 Å². The monoisotopic (exact) mass is 275 g/mol. The van der Waals surface area contributed by atoms with E-state index in [0.717, 1.165) is 11.1 Å². The van der Waals surface area contributed by atoms with Crippen LogP contribution in [0.5, 0.6) is 0 Å². The average molecular weight is 275 g/mol. The Morgan fingerprint density at radius 3 is 2.70 bits per heavy atom. The normalized spacial score (nSPS) is 17.9. The maximum atomic E-state index is 12.0. The Kier molecular flexibility index (Phi) is 4.40. The molecule has 5 nitrogen and oxygen atoms in total. The molecule has 1 aliphatic rings. The molecule has 1 heterocycles. The first-order valence-corrected chi connectivity index (χ1v) is 6.33. The lowest BCUT2D eigenvalue weighted by atomic mass is 10.2. The number of carbonyl (C=O) groups excluding carboxylic acids is 2. The van der Waals surface area contributed by atoms with Crippen LogP contribution in [-0.2, 0) is 20.9 Å². The number of carbonyl (C=O) groups is 2. The lowest BCUT2D eigenvalue weighted by molar-refractivity contribution is -0.145. The second kappa shape index (κ2) is 6.23. The van der Waals surface area contributed by atoms with Crippen molar-refractivity contribution >= 4 is 12.1 Å². The largest absolute Gasteiger partial charge is 0.467 e. The van der Waals surface area contributed by atoms with Gasteiger partial charge in [0.2, 0.25) is 0 Å². The molecular formula is C15H17NO4. The molecule has 1 aromatic carbocycles. The SMILES string of the molecule is C=C1CC(C(=O)OC)N(C(=O)OCc2ccccc2)C1. The van der Waals surface area contributed by atoms with Crippen LogP contribution in [0.25, 0.3) is 0 Å². The van der Waals surface area contributed by atoms with E-state index < -0.39 is 18.1 Å². The third-order valence-corrected chi connectivity index (χ3v) is 3.17. The molecule has 0 bridgehead atoms.